The van der Waals surface area contributed by atoms with Gasteiger partial charge in [0.25, 0.3) is 0 Å². The van der Waals surface area contributed by atoms with Crippen molar-refractivity contribution < 1.29 is 4.74 Å². The Morgan fingerprint density at radius 2 is 2.05 bits per heavy atom. The molecule has 0 aromatic carbocycles. The van der Waals surface area contributed by atoms with E-state index in [1.807, 2.05) is 12.3 Å². The summed E-state index contributed by atoms with van der Waals surface area (Å²) in [6.07, 6.45) is 7.30. The van der Waals surface area contributed by atoms with Gasteiger partial charge in [-0.15, -0.1) is 0 Å². The molecule has 0 radical (unpaired) electrons. The van der Waals surface area contributed by atoms with Crippen molar-refractivity contribution in [3.63, 3.8) is 0 Å². The maximum Gasteiger partial charge on any atom is 0.212 e. The first kappa shape index (κ1) is 12.9. The van der Waals surface area contributed by atoms with Crippen LogP contribution in [0, 0.1) is 0 Å². The first-order valence-corrected chi connectivity index (χ1v) is 7.31. The fraction of sp³-hybridized carbons (Fsp3) is 0.667. The topological polar surface area (TPSA) is 37.4 Å². The van der Waals surface area contributed by atoms with Crippen LogP contribution in [0.4, 0.5) is 0 Å². The van der Waals surface area contributed by atoms with Crippen molar-refractivity contribution >= 4 is 0 Å². The second kappa shape index (κ2) is 5.88. The molecule has 1 aromatic rings. The van der Waals surface area contributed by atoms with Crippen molar-refractivity contribution in [2.24, 2.45) is 0 Å². The van der Waals surface area contributed by atoms with Gasteiger partial charge in [0.2, 0.25) is 5.88 Å². The average molecular weight is 261 g/mol. The highest BCUT2D eigenvalue weighted by Crippen LogP contribution is 2.29. The molecule has 1 saturated heterocycles. The van der Waals surface area contributed by atoms with Crippen LogP contribution in [0.2, 0.25) is 0 Å². The third kappa shape index (κ3) is 3.45. The van der Waals surface area contributed by atoms with Gasteiger partial charge in [0, 0.05) is 30.9 Å². The van der Waals surface area contributed by atoms with Gasteiger partial charge in [0.05, 0.1) is 7.11 Å². The molecule has 2 heterocycles. The number of ether oxygens (including phenoxy) is 1. The Kier molecular flexibility index (Phi) is 3.99. The standard InChI is InChI=1S/C15H23N3O/c1-19-15-5-2-12(11-17-15)10-16-13-6-8-18(9-7-13)14-3-4-14/h2,5,11,13-14,16H,3-4,6-10H2,1H3. The van der Waals surface area contributed by atoms with Crippen LogP contribution in [0.25, 0.3) is 0 Å². The van der Waals surface area contributed by atoms with Crippen molar-refractivity contribution in [2.75, 3.05) is 20.2 Å². The van der Waals surface area contributed by atoms with Gasteiger partial charge in [-0.25, -0.2) is 4.98 Å². The van der Waals surface area contributed by atoms with Gasteiger partial charge in [0.15, 0.2) is 0 Å². The van der Waals surface area contributed by atoms with E-state index >= 15 is 0 Å². The van der Waals surface area contributed by atoms with E-state index in [1.54, 1.807) is 7.11 Å². The quantitative estimate of drug-likeness (QED) is 0.877. The molecule has 4 nitrogen and oxygen atoms in total. The third-order valence-electron chi connectivity index (χ3n) is 4.19. The van der Waals surface area contributed by atoms with E-state index < -0.39 is 0 Å². The van der Waals surface area contributed by atoms with Gasteiger partial charge in [-0.05, 0) is 44.3 Å². The third-order valence-corrected chi connectivity index (χ3v) is 4.19. The lowest BCUT2D eigenvalue weighted by molar-refractivity contribution is 0.189. The van der Waals surface area contributed by atoms with Crippen molar-refractivity contribution in [1.82, 2.24) is 15.2 Å². The average Bonchev–Trinajstić information content (AvgIpc) is 3.31. The molecule has 1 saturated carbocycles. The molecule has 0 bridgehead atoms. The van der Waals surface area contributed by atoms with Gasteiger partial charge in [-0.3, -0.25) is 0 Å². The van der Waals surface area contributed by atoms with Gasteiger partial charge in [-0.1, -0.05) is 6.07 Å². The Morgan fingerprint density at radius 3 is 2.63 bits per heavy atom. The van der Waals surface area contributed by atoms with Gasteiger partial charge < -0.3 is 15.0 Å². The molecule has 0 atom stereocenters. The summed E-state index contributed by atoms with van der Waals surface area (Å²) in [5, 5.41) is 3.65. The van der Waals surface area contributed by atoms with E-state index in [1.165, 1.54) is 44.3 Å². The molecule has 2 fully saturated rings. The number of rotatable bonds is 5. The highest BCUT2D eigenvalue weighted by atomic mass is 16.5. The molecule has 1 aliphatic carbocycles. The van der Waals surface area contributed by atoms with Crippen molar-refractivity contribution in [2.45, 2.75) is 44.3 Å². The van der Waals surface area contributed by atoms with Crippen LogP contribution < -0.4 is 10.1 Å². The van der Waals surface area contributed by atoms with Crippen LogP contribution in [0.3, 0.4) is 0 Å². The lowest BCUT2D eigenvalue weighted by Crippen LogP contribution is -2.43. The van der Waals surface area contributed by atoms with Crippen LogP contribution >= 0.6 is 0 Å². The second-order valence-corrected chi connectivity index (χ2v) is 5.63. The van der Waals surface area contributed by atoms with Crippen molar-refractivity contribution in [3.8, 4) is 5.88 Å². The molecular weight excluding hydrogens is 238 g/mol. The number of nitrogens with one attached hydrogen (secondary N) is 1. The summed E-state index contributed by atoms with van der Waals surface area (Å²) >= 11 is 0. The molecule has 19 heavy (non-hydrogen) atoms. The lowest BCUT2D eigenvalue weighted by Gasteiger charge is -2.32. The first-order chi connectivity index (χ1) is 9.35. The number of methoxy groups -OCH3 is 1. The normalized spacial score (nSPS) is 21.5. The van der Waals surface area contributed by atoms with E-state index in [0.29, 0.717) is 11.9 Å². The molecule has 0 spiro atoms. The molecule has 0 unspecified atom stereocenters. The summed E-state index contributed by atoms with van der Waals surface area (Å²) < 4.78 is 5.07. The number of piperidine rings is 1. The van der Waals surface area contributed by atoms with Crippen LogP contribution in [0.1, 0.15) is 31.2 Å². The van der Waals surface area contributed by atoms with Crippen LogP contribution in [-0.2, 0) is 6.54 Å². The first-order valence-electron chi connectivity index (χ1n) is 7.31. The zero-order valence-electron chi connectivity index (χ0n) is 11.6. The molecule has 1 aliphatic heterocycles. The summed E-state index contributed by atoms with van der Waals surface area (Å²) in [6.45, 7) is 3.44. The van der Waals surface area contributed by atoms with Crippen LogP contribution in [0.5, 0.6) is 5.88 Å². The number of aromatic nitrogens is 1. The van der Waals surface area contributed by atoms with E-state index in [2.05, 4.69) is 21.3 Å². The monoisotopic (exact) mass is 261 g/mol. The predicted octanol–water partition coefficient (Wildman–Crippen LogP) is 1.81. The Labute approximate surface area is 115 Å². The number of likely N-dealkylation sites (tertiary alicyclic amines) is 1. The fourth-order valence-corrected chi connectivity index (χ4v) is 2.81. The van der Waals surface area contributed by atoms with E-state index in [9.17, 15) is 0 Å². The molecule has 1 N–H and O–H groups in total. The molecule has 1 aromatic heterocycles. The highest BCUT2D eigenvalue weighted by Gasteiger charge is 2.31. The minimum absolute atomic E-state index is 0.664. The number of pyridine rings is 1. The van der Waals surface area contributed by atoms with Crippen molar-refractivity contribution in [1.29, 1.82) is 0 Å². The second-order valence-electron chi connectivity index (χ2n) is 5.63. The van der Waals surface area contributed by atoms with Crippen LogP contribution in [0.15, 0.2) is 18.3 Å². The SMILES string of the molecule is COc1ccc(CNC2CCN(C3CC3)CC2)cn1. The maximum absolute atomic E-state index is 5.07. The number of hydrogen-bond donors (Lipinski definition) is 1. The Hall–Kier alpha value is -1.13. The lowest BCUT2D eigenvalue weighted by atomic mass is 10.0. The summed E-state index contributed by atoms with van der Waals surface area (Å²) in [5.41, 5.74) is 1.23. The number of hydrogen-bond acceptors (Lipinski definition) is 4. The molecule has 4 heteroatoms. The van der Waals surface area contributed by atoms with Crippen LogP contribution in [-0.4, -0.2) is 42.2 Å². The summed E-state index contributed by atoms with van der Waals surface area (Å²) in [4.78, 5) is 6.89. The summed E-state index contributed by atoms with van der Waals surface area (Å²) in [5.74, 6) is 0.682. The van der Waals surface area contributed by atoms with E-state index in [-0.39, 0.29) is 0 Å². The Bertz CT molecular complexity index is 394. The summed E-state index contributed by atoms with van der Waals surface area (Å²) in [6, 6.07) is 5.59. The summed E-state index contributed by atoms with van der Waals surface area (Å²) in [7, 11) is 1.65. The maximum atomic E-state index is 5.07. The molecule has 3 rings (SSSR count). The minimum Gasteiger partial charge on any atom is -0.481 e. The molecular formula is C15H23N3O. The molecule has 104 valence electrons. The highest BCUT2D eigenvalue weighted by molar-refractivity contribution is 5.17. The zero-order chi connectivity index (χ0) is 13.1. The largest absolute Gasteiger partial charge is 0.481 e. The Balaban J connectivity index is 1.41. The van der Waals surface area contributed by atoms with Gasteiger partial charge in [0.1, 0.15) is 0 Å². The van der Waals surface area contributed by atoms with Gasteiger partial charge >= 0.3 is 0 Å². The van der Waals surface area contributed by atoms with Gasteiger partial charge in [-0.2, -0.15) is 0 Å². The smallest absolute Gasteiger partial charge is 0.212 e. The number of nitrogens with zero attached hydrogens (tertiary/aromatic N) is 2. The Morgan fingerprint density at radius 1 is 1.26 bits per heavy atom. The zero-order valence-corrected chi connectivity index (χ0v) is 11.6. The molecule has 2 aliphatic rings. The van der Waals surface area contributed by atoms with Crippen molar-refractivity contribution in [3.05, 3.63) is 23.9 Å². The molecule has 0 amide bonds. The predicted molar refractivity (Wildman–Crippen MR) is 75.2 cm³/mol. The fourth-order valence-electron chi connectivity index (χ4n) is 2.81. The van der Waals surface area contributed by atoms with E-state index in [4.69, 9.17) is 4.74 Å². The van der Waals surface area contributed by atoms with E-state index in [0.717, 1.165) is 12.6 Å². The minimum atomic E-state index is 0.664.